The summed E-state index contributed by atoms with van der Waals surface area (Å²) in [4.78, 5) is 21.7. The molecule has 1 atom stereocenters. The summed E-state index contributed by atoms with van der Waals surface area (Å²) in [7, 11) is 0. The smallest absolute Gasteiger partial charge is 0.226 e. The van der Waals surface area contributed by atoms with Crippen molar-refractivity contribution in [3.63, 3.8) is 0 Å². The highest BCUT2D eigenvalue weighted by molar-refractivity contribution is 5.80. The molecule has 2 aromatic rings. The van der Waals surface area contributed by atoms with Crippen LogP contribution < -0.4 is 4.90 Å². The number of carbonyl (C=O) groups excluding carboxylic acids is 1. The van der Waals surface area contributed by atoms with Gasteiger partial charge in [-0.05, 0) is 49.4 Å². The lowest BCUT2D eigenvalue weighted by Crippen LogP contribution is -2.51. The Kier molecular flexibility index (Phi) is 4.43. The molecule has 25 heavy (non-hydrogen) atoms. The summed E-state index contributed by atoms with van der Waals surface area (Å²) in [6.07, 6.45) is 4.78. The average Bonchev–Trinajstić information content (AvgIpc) is 2.67. The van der Waals surface area contributed by atoms with Crippen LogP contribution in [0.4, 0.5) is 5.69 Å². The summed E-state index contributed by atoms with van der Waals surface area (Å²) in [5, 5.41) is 0. The van der Waals surface area contributed by atoms with Crippen LogP contribution in [0.25, 0.3) is 0 Å². The zero-order valence-corrected chi connectivity index (χ0v) is 14.8. The first-order chi connectivity index (χ1) is 12.2. The number of rotatable bonds is 2. The van der Waals surface area contributed by atoms with Crippen molar-refractivity contribution in [2.45, 2.75) is 26.2 Å². The molecule has 4 rings (SSSR count). The summed E-state index contributed by atoms with van der Waals surface area (Å²) in [6.45, 7) is 5.46. The van der Waals surface area contributed by atoms with Crippen molar-refractivity contribution in [1.29, 1.82) is 0 Å². The highest BCUT2D eigenvalue weighted by Gasteiger charge is 2.30. The lowest BCUT2D eigenvalue weighted by molar-refractivity contribution is -0.136. The number of aryl methyl sites for hydroxylation is 2. The second kappa shape index (κ2) is 6.87. The monoisotopic (exact) mass is 335 g/mol. The Bertz CT molecular complexity index is 765. The number of fused-ring (bicyclic) bond motifs is 1. The van der Waals surface area contributed by atoms with Crippen LogP contribution >= 0.6 is 0 Å². The maximum absolute atomic E-state index is 13.0. The number of benzene rings is 1. The van der Waals surface area contributed by atoms with Crippen molar-refractivity contribution in [2.75, 3.05) is 31.1 Å². The SMILES string of the molecule is Cc1cc(N2CCN(C(=O)[C@H]3CCc4ccccc4C3)CC2)ccn1. The van der Waals surface area contributed by atoms with E-state index in [4.69, 9.17) is 0 Å². The minimum absolute atomic E-state index is 0.157. The molecule has 4 heteroatoms. The van der Waals surface area contributed by atoms with Gasteiger partial charge in [-0.1, -0.05) is 24.3 Å². The van der Waals surface area contributed by atoms with Gasteiger partial charge in [0.15, 0.2) is 0 Å². The molecule has 1 amide bonds. The minimum Gasteiger partial charge on any atom is -0.368 e. The number of nitrogens with zero attached hydrogens (tertiary/aromatic N) is 3. The summed E-state index contributed by atoms with van der Waals surface area (Å²) in [6, 6.07) is 12.7. The van der Waals surface area contributed by atoms with Gasteiger partial charge in [-0.2, -0.15) is 0 Å². The Morgan fingerprint density at radius 2 is 1.84 bits per heavy atom. The third-order valence-electron chi connectivity index (χ3n) is 5.53. The van der Waals surface area contributed by atoms with E-state index in [9.17, 15) is 4.79 Å². The van der Waals surface area contributed by atoms with Gasteiger partial charge in [0, 0.05) is 49.7 Å². The highest BCUT2D eigenvalue weighted by Crippen LogP contribution is 2.27. The first-order valence-electron chi connectivity index (χ1n) is 9.24. The van der Waals surface area contributed by atoms with Crippen LogP contribution in [-0.2, 0) is 17.6 Å². The molecule has 1 fully saturated rings. The molecule has 0 radical (unpaired) electrons. The van der Waals surface area contributed by atoms with E-state index in [2.05, 4.69) is 51.2 Å². The van der Waals surface area contributed by atoms with Crippen LogP contribution in [0, 0.1) is 12.8 Å². The molecule has 0 unspecified atom stereocenters. The van der Waals surface area contributed by atoms with Gasteiger partial charge in [0.05, 0.1) is 0 Å². The Morgan fingerprint density at radius 3 is 2.60 bits per heavy atom. The Labute approximate surface area is 149 Å². The van der Waals surface area contributed by atoms with Crippen LogP contribution in [0.3, 0.4) is 0 Å². The summed E-state index contributed by atoms with van der Waals surface area (Å²) < 4.78 is 0. The lowest BCUT2D eigenvalue weighted by atomic mass is 9.83. The largest absolute Gasteiger partial charge is 0.368 e. The second-order valence-corrected chi connectivity index (χ2v) is 7.18. The van der Waals surface area contributed by atoms with Crippen LogP contribution in [0.2, 0.25) is 0 Å². The van der Waals surface area contributed by atoms with Crippen LogP contribution in [-0.4, -0.2) is 42.0 Å². The van der Waals surface area contributed by atoms with E-state index in [1.807, 2.05) is 13.1 Å². The first kappa shape index (κ1) is 16.1. The summed E-state index contributed by atoms with van der Waals surface area (Å²) >= 11 is 0. The molecule has 1 aromatic carbocycles. The van der Waals surface area contributed by atoms with Gasteiger partial charge in [0.1, 0.15) is 0 Å². The van der Waals surface area contributed by atoms with E-state index in [0.29, 0.717) is 5.91 Å². The van der Waals surface area contributed by atoms with Gasteiger partial charge in [-0.3, -0.25) is 9.78 Å². The van der Waals surface area contributed by atoms with E-state index in [-0.39, 0.29) is 5.92 Å². The molecule has 0 saturated carbocycles. The summed E-state index contributed by atoms with van der Waals surface area (Å²) in [5.41, 5.74) is 5.03. The number of piperazine rings is 1. The topological polar surface area (TPSA) is 36.4 Å². The number of hydrogen-bond acceptors (Lipinski definition) is 3. The van der Waals surface area contributed by atoms with Gasteiger partial charge in [-0.25, -0.2) is 0 Å². The van der Waals surface area contributed by atoms with Gasteiger partial charge in [0.2, 0.25) is 5.91 Å². The Morgan fingerprint density at radius 1 is 1.08 bits per heavy atom. The normalized spacial score (nSPS) is 20.3. The zero-order valence-electron chi connectivity index (χ0n) is 14.8. The molecule has 0 spiro atoms. The van der Waals surface area contributed by atoms with Crippen molar-refractivity contribution in [2.24, 2.45) is 5.92 Å². The predicted molar refractivity (Wildman–Crippen MR) is 99.7 cm³/mol. The first-order valence-corrected chi connectivity index (χ1v) is 9.24. The van der Waals surface area contributed by atoms with Crippen molar-refractivity contribution >= 4 is 11.6 Å². The van der Waals surface area contributed by atoms with Crippen molar-refractivity contribution in [3.05, 3.63) is 59.4 Å². The predicted octanol–water partition coefficient (Wildman–Crippen LogP) is 2.84. The quantitative estimate of drug-likeness (QED) is 0.847. The van der Waals surface area contributed by atoms with Gasteiger partial charge in [0.25, 0.3) is 0 Å². The third-order valence-corrected chi connectivity index (χ3v) is 5.53. The van der Waals surface area contributed by atoms with Crippen molar-refractivity contribution < 1.29 is 4.79 Å². The van der Waals surface area contributed by atoms with Crippen LogP contribution in [0.5, 0.6) is 0 Å². The highest BCUT2D eigenvalue weighted by atomic mass is 16.2. The molecule has 2 heterocycles. The van der Waals surface area contributed by atoms with E-state index in [1.54, 1.807) is 0 Å². The van der Waals surface area contributed by atoms with Gasteiger partial charge >= 0.3 is 0 Å². The number of carbonyl (C=O) groups is 1. The number of anilines is 1. The Hall–Kier alpha value is -2.36. The number of pyridine rings is 1. The fraction of sp³-hybridized carbons (Fsp3) is 0.429. The van der Waals surface area contributed by atoms with Gasteiger partial charge in [-0.15, -0.1) is 0 Å². The van der Waals surface area contributed by atoms with Crippen LogP contribution in [0.15, 0.2) is 42.6 Å². The molecule has 0 bridgehead atoms. The zero-order chi connectivity index (χ0) is 17.2. The Balaban J connectivity index is 1.37. The molecule has 130 valence electrons. The number of hydrogen-bond donors (Lipinski definition) is 0. The molecule has 1 aliphatic carbocycles. The molecule has 4 nitrogen and oxygen atoms in total. The fourth-order valence-electron chi connectivity index (χ4n) is 4.08. The molecule has 1 aromatic heterocycles. The number of amides is 1. The lowest BCUT2D eigenvalue weighted by Gasteiger charge is -2.38. The second-order valence-electron chi connectivity index (χ2n) is 7.18. The molecule has 1 saturated heterocycles. The van der Waals surface area contributed by atoms with E-state index >= 15 is 0 Å². The van der Waals surface area contributed by atoms with Crippen molar-refractivity contribution in [3.8, 4) is 0 Å². The minimum atomic E-state index is 0.157. The molecule has 0 N–H and O–H groups in total. The molecular formula is C21H25N3O. The third kappa shape index (κ3) is 3.39. The van der Waals surface area contributed by atoms with Crippen molar-refractivity contribution in [1.82, 2.24) is 9.88 Å². The number of aromatic nitrogens is 1. The van der Waals surface area contributed by atoms with E-state index in [0.717, 1.165) is 51.1 Å². The molecule has 1 aliphatic heterocycles. The standard InChI is InChI=1S/C21H25N3O/c1-16-14-20(8-9-22-16)23-10-12-24(13-11-23)21(25)19-7-6-17-4-2-3-5-18(17)15-19/h2-5,8-9,14,19H,6-7,10-13,15H2,1H3/t19-/m0/s1. The average molecular weight is 335 g/mol. The fourth-order valence-corrected chi connectivity index (χ4v) is 4.08. The van der Waals surface area contributed by atoms with Crippen LogP contribution in [0.1, 0.15) is 23.2 Å². The van der Waals surface area contributed by atoms with Gasteiger partial charge < -0.3 is 9.80 Å². The van der Waals surface area contributed by atoms with E-state index < -0.39 is 0 Å². The molecular weight excluding hydrogens is 310 g/mol. The molecule has 2 aliphatic rings. The maximum Gasteiger partial charge on any atom is 0.226 e. The summed E-state index contributed by atoms with van der Waals surface area (Å²) in [5.74, 6) is 0.504. The van der Waals surface area contributed by atoms with E-state index in [1.165, 1.54) is 16.8 Å². The maximum atomic E-state index is 13.0.